The maximum atomic E-state index is 2.26. The molecule has 0 amide bonds. The molecular weight excluding hydrogens is 240 g/mol. The van der Waals surface area contributed by atoms with Crippen LogP contribution in [0.25, 0.3) is 22.3 Å². The van der Waals surface area contributed by atoms with Gasteiger partial charge in [0.2, 0.25) is 0 Å². The van der Waals surface area contributed by atoms with E-state index in [2.05, 4.69) is 86.6 Å². The second-order valence-corrected chi connectivity index (χ2v) is 5.23. The summed E-state index contributed by atoms with van der Waals surface area (Å²) >= 11 is 0. The third kappa shape index (κ3) is 2.37. The van der Waals surface area contributed by atoms with E-state index >= 15 is 0 Å². The zero-order chi connectivity index (χ0) is 13.9. The third-order valence-electron chi connectivity index (χ3n) is 3.66. The van der Waals surface area contributed by atoms with Crippen LogP contribution in [0.15, 0.2) is 72.8 Å². The van der Waals surface area contributed by atoms with Crippen LogP contribution in [0.2, 0.25) is 0 Å². The number of benzene rings is 3. The highest BCUT2D eigenvalue weighted by Gasteiger charge is 2.09. The Kier molecular flexibility index (Phi) is 3.39. The van der Waals surface area contributed by atoms with Crippen LogP contribution in [0.3, 0.4) is 0 Å². The second kappa shape index (κ2) is 5.34. The van der Waals surface area contributed by atoms with Crippen molar-refractivity contribution < 1.29 is 0 Å². The largest absolute Gasteiger partial charge is 0.0622 e. The van der Waals surface area contributed by atoms with E-state index < -0.39 is 0 Å². The van der Waals surface area contributed by atoms with Crippen molar-refractivity contribution in [2.45, 2.75) is 13.8 Å². The van der Waals surface area contributed by atoms with Crippen LogP contribution < -0.4 is 0 Å². The third-order valence-corrected chi connectivity index (χ3v) is 3.66. The van der Waals surface area contributed by atoms with Crippen LogP contribution in [0.5, 0.6) is 0 Å². The fourth-order valence-corrected chi connectivity index (χ4v) is 2.71. The lowest BCUT2D eigenvalue weighted by Gasteiger charge is -2.14. The van der Waals surface area contributed by atoms with Gasteiger partial charge < -0.3 is 0 Å². The highest BCUT2D eigenvalue weighted by Crippen LogP contribution is 2.34. The van der Waals surface area contributed by atoms with Crippen molar-refractivity contribution in [3.8, 4) is 22.3 Å². The van der Waals surface area contributed by atoms with Gasteiger partial charge in [-0.25, -0.2) is 0 Å². The highest BCUT2D eigenvalue weighted by molar-refractivity contribution is 5.85. The first-order valence-corrected chi connectivity index (χ1v) is 6.98. The smallest absolute Gasteiger partial charge is 0.00760 e. The van der Waals surface area contributed by atoms with Gasteiger partial charge in [0.15, 0.2) is 0 Å². The molecule has 0 aromatic heterocycles. The molecular formula is C20H18. The Balaban J connectivity index is 2.25. The maximum Gasteiger partial charge on any atom is -0.00760 e. The van der Waals surface area contributed by atoms with Crippen LogP contribution in [-0.4, -0.2) is 0 Å². The normalized spacial score (nSPS) is 10.5. The van der Waals surface area contributed by atoms with Gasteiger partial charge in [-0.2, -0.15) is 0 Å². The molecule has 0 N–H and O–H groups in total. The highest BCUT2D eigenvalue weighted by atomic mass is 14.1. The van der Waals surface area contributed by atoms with Gasteiger partial charge in [0.1, 0.15) is 0 Å². The first-order chi connectivity index (χ1) is 9.75. The predicted molar refractivity (Wildman–Crippen MR) is 86.8 cm³/mol. The molecule has 0 saturated carbocycles. The quantitative estimate of drug-likeness (QED) is 0.558. The molecule has 3 aromatic rings. The van der Waals surface area contributed by atoms with Crippen LogP contribution in [-0.2, 0) is 0 Å². The molecule has 0 aliphatic carbocycles. The topological polar surface area (TPSA) is 0 Å². The molecule has 0 heterocycles. The van der Waals surface area contributed by atoms with Crippen molar-refractivity contribution >= 4 is 0 Å². The average molecular weight is 258 g/mol. The van der Waals surface area contributed by atoms with E-state index in [0.717, 1.165) is 0 Å². The lowest BCUT2D eigenvalue weighted by molar-refractivity contribution is 1.42. The molecule has 0 bridgehead atoms. The summed E-state index contributed by atoms with van der Waals surface area (Å²) in [6, 6.07) is 25.9. The molecule has 0 fully saturated rings. The van der Waals surface area contributed by atoms with Gasteiger partial charge in [-0.15, -0.1) is 0 Å². The molecule has 0 spiro atoms. The summed E-state index contributed by atoms with van der Waals surface area (Å²) in [5, 5.41) is 0. The van der Waals surface area contributed by atoms with Crippen molar-refractivity contribution in [1.29, 1.82) is 0 Å². The van der Waals surface area contributed by atoms with E-state index in [0.29, 0.717) is 0 Å². The first-order valence-electron chi connectivity index (χ1n) is 6.98. The van der Waals surface area contributed by atoms with E-state index in [-0.39, 0.29) is 0 Å². The van der Waals surface area contributed by atoms with Crippen molar-refractivity contribution in [3.63, 3.8) is 0 Å². The van der Waals surface area contributed by atoms with E-state index in [1.807, 2.05) is 0 Å². The Labute approximate surface area is 120 Å². The molecule has 3 rings (SSSR count). The van der Waals surface area contributed by atoms with Crippen LogP contribution in [0.1, 0.15) is 11.1 Å². The summed E-state index contributed by atoms with van der Waals surface area (Å²) in [4.78, 5) is 0. The van der Waals surface area contributed by atoms with Gasteiger partial charge in [0, 0.05) is 0 Å². The van der Waals surface area contributed by atoms with E-state index in [9.17, 15) is 0 Å². The fraction of sp³-hybridized carbons (Fsp3) is 0.100. The van der Waals surface area contributed by atoms with E-state index in [1.54, 1.807) is 0 Å². The Morgan fingerprint density at radius 3 is 2.05 bits per heavy atom. The SMILES string of the molecule is Cc1cccc(-c2c(C)cccc2-c2ccccc2)c1. The molecule has 98 valence electrons. The molecule has 0 heteroatoms. The zero-order valence-electron chi connectivity index (χ0n) is 11.9. The number of rotatable bonds is 2. The van der Waals surface area contributed by atoms with Crippen LogP contribution in [0.4, 0.5) is 0 Å². The summed E-state index contributed by atoms with van der Waals surface area (Å²) in [7, 11) is 0. The maximum absolute atomic E-state index is 2.26. The van der Waals surface area contributed by atoms with Crippen LogP contribution in [0, 0.1) is 13.8 Å². The van der Waals surface area contributed by atoms with Gasteiger partial charge in [-0.3, -0.25) is 0 Å². The minimum absolute atomic E-state index is 1.27. The molecule has 20 heavy (non-hydrogen) atoms. The summed E-state index contributed by atoms with van der Waals surface area (Å²) in [5.41, 5.74) is 7.81. The molecule has 0 aliphatic rings. The van der Waals surface area contributed by atoms with Gasteiger partial charge >= 0.3 is 0 Å². The fourth-order valence-electron chi connectivity index (χ4n) is 2.71. The molecule has 0 saturated heterocycles. The van der Waals surface area contributed by atoms with E-state index in [1.165, 1.54) is 33.4 Å². The zero-order valence-corrected chi connectivity index (χ0v) is 11.9. The summed E-state index contributed by atoms with van der Waals surface area (Å²) < 4.78 is 0. The Hall–Kier alpha value is -2.34. The van der Waals surface area contributed by atoms with Gasteiger partial charge in [0.25, 0.3) is 0 Å². The Morgan fingerprint density at radius 1 is 0.600 bits per heavy atom. The molecule has 0 radical (unpaired) electrons. The van der Waals surface area contributed by atoms with Crippen molar-refractivity contribution in [2.24, 2.45) is 0 Å². The van der Waals surface area contributed by atoms with Crippen molar-refractivity contribution in [2.75, 3.05) is 0 Å². The molecule has 0 atom stereocenters. The lowest BCUT2D eigenvalue weighted by atomic mass is 9.90. The Bertz CT molecular complexity index is 724. The predicted octanol–water partition coefficient (Wildman–Crippen LogP) is 5.64. The molecule has 0 unspecified atom stereocenters. The molecule has 0 aliphatic heterocycles. The standard InChI is InChI=1S/C20H18/c1-15-8-6-12-18(14-15)20-16(2)9-7-13-19(20)17-10-4-3-5-11-17/h3-14H,1-2H3. The van der Waals surface area contributed by atoms with Crippen molar-refractivity contribution in [1.82, 2.24) is 0 Å². The Morgan fingerprint density at radius 2 is 1.30 bits per heavy atom. The van der Waals surface area contributed by atoms with Crippen LogP contribution >= 0.6 is 0 Å². The lowest BCUT2D eigenvalue weighted by Crippen LogP contribution is -1.89. The van der Waals surface area contributed by atoms with Gasteiger partial charge in [-0.05, 0) is 41.7 Å². The van der Waals surface area contributed by atoms with E-state index in [4.69, 9.17) is 0 Å². The van der Waals surface area contributed by atoms with Gasteiger partial charge in [0.05, 0.1) is 0 Å². The number of hydrogen-bond donors (Lipinski definition) is 0. The first kappa shape index (κ1) is 12.7. The molecule has 3 aromatic carbocycles. The average Bonchev–Trinajstić information content (AvgIpc) is 2.48. The molecule has 0 nitrogen and oxygen atoms in total. The monoisotopic (exact) mass is 258 g/mol. The van der Waals surface area contributed by atoms with Crippen molar-refractivity contribution in [3.05, 3.63) is 83.9 Å². The summed E-state index contributed by atoms with van der Waals surface area (Å²) in [5.74, 6) is 0. The summed E-state index contributed by atoms with van der Waals surface area (Å²) in [6.07, 6.45) is 0. The van der Waals surface area contributed by atoms with Gasteiger partial charge in [-0.1, -0.05) is 78.4 Å². The minimum atomic E-state index is 1.27. The summed E-state index contributed by atoms with van der Waals surface area (Å²) in [6.45, 7) is 4.33. The second-order valence-electron chi connectivity index (χ2n) is 5.23. The number of aryl methyl sites for hydroxylation is 2. The minimum Gasteiger partial charge on any atom is -0.0622 e. The number of hydrogen-bond acceptors (Lipinski definition) is 0.